The highest BCUT2D eigenvalue weighted by atomic mass is 16.3. The number of nitrogens with zero attached hydrogens (tertiary/aromatic N) is 2. The van der Waals surface area contributed by atoms with E-state index in [9.17, 15) is 4.79 Å². The number of anilines is 1. The molecule has 5 nitrogen and oxygen atoms in total. The number of hydrogen-bond donors (Lipinski definition) is 1. The lowest BCUT2D eigenvalue weighted by Gasteiger charge is -2.27. The summed E-state index contributed by atoms with van der Waals surface area (Å²) in [5.41, 5.74) is 3.61. The number of rotatable bonds is 4. The van der Waals surface area contributed by atoms with Crippen LogP contribution < -0.4 is 10.2 Å². The van der Waals surface area contributed by atoms with Crippen LogP contribution >= 0.6 is 0 Å². The summed E-state index contributed by atoms with van der Waals surface area (Å²) in [6.45, 7) is 2.83. The highest BCUT2D eigenvalue weighted by molar-refractivity contribution is 5.75. The third-order valence-electron chi connectivity index (χ3n) is 5.54. The molecule has 0 bridgehead atoms. The van der Waals surface area contributed by atoms with Crippen LogP contribution in [-0.2, 0) is 13.0 Å². The summed E-state index contributed by atoms with van der Waals surface area (Å²) in [7, 11) is 1.87. The standard InChI is InChI=1S/C21H27N3O2/c1-23(15-16-7-2-3-9-19(16)24-12-4-5-13-24)21(25)22-18-8-6-10-20-17(18)11-14-26-20/h2-3,7,9,11,14,18H,4-6,8,10,12-13,15H2,1H3,(H,22,25). The van der Waals surface area contributed by atoms with E-state index in [-0.39, 0.29) is 12.1 Å². The van der Waals surface area contributed by atoms with Crippen LogP contribution in [-0.4, -0.2) is 31.1 Å². The molecule has 1 aliphatic carbocycles. The maximum absolute atomic E-state index is 12.8. The fraction of sp³-hybridized carbons (Fsp3) is 0.476. The molecule has 1 aromatic heterocycles. The van der Waals surface area contributed by atoms with Crippen LogP contribution in [0, 0.1) is 0 Å². The summed E-state index contributed by atoms with van der Waals surface area (Å²) >= 11 is 0. The minimum atomic E-state index is -0.0275. The van der Waals surface area contributed by atoms with Crippen molar-refractivity contribution in [1.29, 1.82) is 0 Å². The third kappa shape index (κ3) is 3.43. The Morgan fingerprint density at radius 1 is 1.23 bits per heavy atom. The van der Waals surface area contributed by atoms with E-state index < -0.39 is 0 Å². The molecular formula is C21H27N3O2. The molecule has 1 saturated heterocycles. The van der Waals surface area contributed by atoms with Gasteiger partial charge in [-0.1, -0.05) is 18.2 Å². The van der Waals surface area contributed by atoms with Gasteiger partial charge in [-0.3, -0.25) is 0 Å². The van der Waals surface area contributed by atoms with Crippen molar-refractivity contribution in [2.24, 2.45) is 0 Å². The maximum Gasteiger partial charge on any atom is 0.317 e. The SMILES string of the molecule is CN(Cc1ccccc1N1CCCC1)C(=O)NC1CCCc2occc21. The molecule has 0 radical (unpaired) electrons. The summed E-state index contributed by atoms with van der Waals surface area (Å²) in [6.07, 6.45) is 7.21. The van der Waals surface area contributed by atoms with Gasteiger partial charge >= 0.3 is 6.03 Å². The summed E-state index contributed by atoms with van der Waals surface area (Å²) in [5, 5.41) is 3.18. The second-order valence-corrected chi connectivity index (χ2v) is 7.37. The molecule has 1 aliphatic heterocycles. The molecule has 0 saturated carbocycles. The first-order chi connectivity index (χ1) is 12.7. The molecule has 1 unspecified atom stereocenters. The molecule has 26 heavy (non-hydrogen) atoms. The molecule has 138 valence electrons. The highest BCUT2D eigenvalue weighted by Crippen LogP contribution is 2.31. The lowest BCUT2D eigenvalue weighted by atomic mass is 9.93. The van der Waals surface area contributed by atoms with Gasteiger partial charge in [0.25, 0.3) is 0 Å². The summed E-state index contributed by atoms with van der Waals surface area (Å²) in [6, 6.07) is 10.5. The summed E-state index contributed by atoms with van der Waals surface area (Å²) in [4.78, 5) is 17.0. The fourth-order valence-electron chi connectivity index (χ4n) is 4.13. The van der Waals surface area contributed by atoms with Gasteiger partial charge in [-0.05, 0) is 43.4 Å². The number of amides is 2. The van der Waals surface area contributed by atoms with Crippen molar-refractivity contribution in [3.63, 3.8) is 0 Å². The lowest BCUT2D eigenvalue weighted by molar-refractivity contribution is 0.201. The van der Waals surface area contributed by atoms with Crippen molar-refractivity contribution in [1.82, 2.24) is 10.2 Å². The van der Waals surface area contributed by atoms with E-state index in [2.05, 4.69) is 34.5 Å². The molecule has 0 spiro atoms. The van der Waals surface area contributed by atoms with Crippen molar-refractivity contribution in [2.75, 3.05) is 25.0 Å². The van der Waals surface area contributed by atoms with E-state index in [1.54, 1.807) is 11.2 Å². The van der Waals surface area contributed by atoms with E-state index in [0.29, 0.717) is 6.54 Å². The Bertz CT molecular complexity index is 764. The van der Waals surface area contributed by atoms with Gasteiger partial charge in [-0.2, -0.15) is 0 Å². The van der Waals surface area contributed by atoms with Crippen LogP contribution in [0.15, 0.2) is 41.0 Å². The molecule has 1 fully saturated rings. The highest BCUT2D eigenvalue weighted by Gasteiger charge is 2.25. The predicted molar refractivity (Wildman–Crippen MR) is 102 cm³/mol. The Kier molecular flexibility index (Phi) is 4.87. The molecule has 4 rings (SSSR count). The van der Waals surface area contributed by atoms with E-state index in [4.69, 9.17) is 4.42 Å². The van der Waals surface area contributed by atoms with Crippen molar-refractivity contribution in [2.45, 2.75) is 44.7 Å². The van der Waals surface area contributed by atoms with Crippen LogP contribution in [0.3, 0.4) is 0 Å². The normalized spacial score (nSPS) is 19.3. The molecule has 1 atom stereocenters. The van der Waals surface area contributed by atoms with Crippen LogP contribution in [0.1, 0.15) is 48.6 Å². The minimum absolute atomic E-state index is 0.0275. The quantitative estimate of drug-likeness (QED) is 0.900. The number of nitrogens with one attached hydrogen (secondary N) is 1. The molecule has 2 heterocycles. The first kappa shape index (κ1) is 17.0. The summed E-state index contributed by atoms with van der Waals surface area (Å²) in [5.74, 6) is 1.02. The lowest BCUT2D eigenvalue weighted by Crippen LogP contribution is -2.40. The van der Waals surface area contributed by atoms with Crippen molar-refractivity contribution in [3.05, 3.63) is 53.5 Å². The largest absolute Gasteiger partial charge is 0.469 e. The van der Waals surface area contributed by atoms with E-state index in [0.717, 1.165) is 43.7 Å². The second kappa shape index (κ2) is 7.44. The van der Waals surface area contributed by atoms with Crippen LogP contribution in [0.5, 0.6) is 0 Å². The van der Waals surface area contributed by atoms with Crippen LogP contribution in [0.25, 0.3) is 0 Å². The van der Waals surface area contributed by atoms with Gasteiger partial charge in [0.05, 0.1) is 12.3 Å². The number of benzene rings is 1. The topological polar surface area (TPSA) is 48.7 Å². The molecular weight excluding hydrogens is 326 g/mol. The number of hydrogen-bond acceptors (Lipinski definition) is 3. The van der Waals surface area contributed by atoms with Crippen molar-refractivity contribution < 1.29 is 9.21 Å². The van der Waals surface area contributed by atoms with Gasteiger partial charge in [-0.15, -0.1) is 0 Å². The number of fused-ring (bicyclic) bond motifs is 1. The minimum Gasteiger partial charge on any atom is -0.469 e. The van der Waals surface area contributed by atoms with E-state index in [1.807, 2.05) is 13.1 Å². The first-order valence-electron chi connectivity index (χ1n) is 9.63. The molecule has 5 heteroatoms. The molecule has 2 aromatic rings. The Hall–Kier alpha value is -2.43. The molecule has 2 aliphatic rings. The fourth-order valence-corrected chi connectivity index (χ4v) is 4.13. The first-order valence-corrected chi connectivity index (χ1v) is 9.63. The monoisotopic (exact) mass is 353 g/mol. The average molecular weight is 353 g/mol. The number of aryl methyl sites for hydroxylation is 1. The predicted octanol–water partition coefficient (Wildman–Crippen LogP) is 4.10. The van der Waals surface area contributed by atoms with Crippen LogP contribution in [0.2, 0.25) is 0 Å². The van der Waals surface area contributed by atoms with E-state index in [1.165, 1.54) is 24.1 Å². The van der Waals surface area contributed by atoms with Gasteiger partial charge < -0.3 is 19.5 Å². The smallest absolute Gasteiger partial charge is 0.317 e. The Morgan fingerprint density at radius 2 is 2.04 bits per heavy atom. The second-order valence-electron chi connectivity index (χ2n) is 7.37. The van der Waals surface area contributed by atoms with E-state index >= 15 is 0 Å². The number of urea groups is 1. The van der Waals surface area contributed by atoms with Gasteiger partial charge in [0.15, 0.2) is 0 Å². The van der Waals surface area contributed by atoms with Crippen molar-refractivity contribution >= 4 is 11.7 Å². The maximum atomic E-state index is 12.8. The third-order valence-corrected chi connectivity index (χ3v) is 5.54. The zero-order chi connectivity index (χ0) is 17.9. The zero-order valence-electron chi connectivity index (χ0n) is 15.4. The van der Waals surface area contributed by atoms with Crippen molar-refractivity contribution in [3.8, 4) is 0 Å². The van der Waals surface area contributed by atoms with Crippen LogP contribution in [0.4, 0.5) is 10.5 Å². The Labute approximate surface area is 155 Å². The van der Waals surface area contributed by atoms with Gasteiger partial charge in [0.2, 0.25) is 0 Å². The number of carbonyl (C=O) groups excluding carboxylic acids is 1. The number of para-hydroxylation sites is 1. The van der Waals surface area contributed by atoms with Gasteiger partial charge in [0, 0.05) is 44.4 Å². The van der Waals surface area contributed by atoms with Gasteiger partial charge in [0.1, 0.15) is 5.76 Å². The number of carbonyl (C=O) groups is 1. The average Bonchev–Trinajstić information content (AvgIpc) is 3.34. The Morgan fingerprint density at radius 3 is 2.88 bits per heavy atom. The Balaban J connectivity index is 1.43. The molecule has 2 amide bonds. The summed E-state index contributed by atoms with van der Waals surface area (Å²) < 4.78 is 5.53. The molecule has 1 N–H and O–H groups in total. The number of furan rings is 1. The molecule has 1 aromatic carbocycles. The van der Waals surface area contributed by atoms with Gasteiger partial charge in [-0.25, -0.2) is 4.79 Å². The zero-order valence-corrected chi connectivity index (χ0v) is 15.4.